The molecule has 1 saturated carbocycles. The van der Waals surface area contributed by atoms with E-state index in [-0.39, 0.29) is 53.8 Å². The number of nitrogens with one attached hydrogen (secondary N) is 1. The van der Waals surface area contributed by atoms with Gasteiger partial charge in [0.2, 0.25) is 5.95 Å². The normalized spacial score (nSPS) is 29.2. The van der Waals surface area contributed by atoms with Crippen LogP contribution in [0.25, 0.3) is 11.2 Å². The summed E-state index contributed by atoms with van der Waals surface area (Å²) < 4.78 is 45.5. The molecule has 0 spiro atoms. The monoisotopic (exact) mass is 525 g/mol. The van der Waals surface area contributed by atoms with Crippen molar-refractivity contribution in [3.05, 3.63) is 63.4 Å². The molecule has 3 aromatic rings. The second kappa shape index (κ2) is 9.12. The highest BCUT2D eigenvalue weighted by molar-refractivity contribution is 7.48. The van der Waals surface area contributed by atoms with Gasteiger partial charge in [-0.25, -0.2) is 13.9 Å². The molecule has 2 fully saturated rings. The van der Waals surface area contributed by atoms with Gasteiger partial charge in [-0.3, -0.25) is 23.3 Å². The third-order valence-electron chi connectivity index (χ3n) is 6.25. The largest absolute Gasteiger partial charge is 0.475 e. The first-order chi connectivity index (χ1) is 16.7. The van der Waals surface area contributed by atoms with Crippen molar-refractivity contribution in [2.45, 2.75) is 31.1 Å². The number of aromatic nitrogens is 4. The summed E-state index contributed by atoms with van der Waals surface area (Å²) in [5.74, 6) is -1.35. The first-order valence-corrected chi connectivity index (χ1v) is 12.6. The molecule has 0 unspecified atom stereocenters. The number of benzene rings is 1. The number of rotatable bonds is 5. The molecule has 3 heterocycles. The van der Waals surface area contributed by atoms with Gasteiger partial charge < -0.3 is 15.4 Å². The predicted octanol–water partition coefficient (Wildman–Crippen LogP) is 3.28. The second-order valence-corrected chi connectivity index (χ2v) is 10.4. The average Bonchev–Trinajstić information content (AvgIpc) is 3.34. The van der Waals surface area contributed by atoms with Crippen LogP contribution in [0.3, 0.4) is 0 Å². The lowest BCUT2D eigenvalue weighted by Crippen LogP contribution is -2.22. The molecule has 2 aliphatic rings. The second-order valence-electron chi connectivity index (χ2n) is 8.38. The van der Waals surface area contributed by atoms with Gasteiger partial charge in [0.1, 0.15) is 5.82 Å². The van der Waals surface area contributed by atoms with Gasteiger partial charge in [0, 0.05) is 17.9 Å². The Labute approximate surface area is 203 Å². The molecular weight excluding hydrogens is 504 g/mol. The van der Waals surface area contributed by atoms with Gasteiger partial charge in [-0.1, -0.05) is 30.3 Å². The van der Waals surface area contributed by atoms with Crippen molar-refractivity contribution in [1.82, 2.24) is 19.5 Å². The maximum atomic E-state index is 14.4. The van der Waals surface area contributed by atoms with Gasteiger partial charge in [-0.2, -0.15) is 4.98 Å². The number of nitrogens with zero attached hydrogens (tertiary/aromatic N) is 3. The standard InChI is InChI=1S/C21H22ClFN5O6P/c1-10-12(15(29)7-14(10)28-9-25-18-19(28)26-21(24)27-20(18)30)8-33-35(31)32-6-5-16(34-35)11-3-2-4-13(22)17(11)23/h2-4,9,12,14-16,29H,1,5-8H2,(H3,24,26,27,30)/t12-,14-,15-,16+,35-/m0/s1. The van der Waals surface area contributed by atoms with Crippen LogP contribution in [0.4, 0.5) is 10.3 Å². The number of phosphoric acid groups is 1. The Morgan fingerprint density at radius 3 is 3.06 bits per heavy atom. The number of aromatic amines is 1. The van der Waals surface area contributed by atoms with E-state index in [0.29, 0.717) is 5.57 Å². The lowest BCUT2D eigenvalue weighted by molar-refractivity contribution is 0.0155. The van der Waals surface area contributed by atoms with Crippen LogP contribution in [-0.2, 0) is 18.1 Å². The number of aliphatic hydroxyl groups is 1. The zero-order valence-electron chi connectivity index (χ0n) is 18.3. The molecule has 1 saturated heterocycles. The number of nitrogen functional groups attached to an aromatic ring is 1. The van der Waals surface area contributed by atoms with E-state index in [2.05, 4.69) is 21.5 Å². The molecule has 5 rings (SSSR count). The van der Waals surface area contributed by atoms with Gasteiger partial charge in [0.15, 0.2) is 11.2 Å². The Bertz CT molecular complexity index is 1410. The van der Waals surface area contributed by atoms with Crippen LogP contribution in [0.2, 0.25) is 5.02 Å². The van der Waals surface area contributed by atoms with E-state index in [1.165, 1.54) is 18.5 Å². The van der Waals surface area contributed by atoms with Gasteiger partial charge >= 0.3 is 7.82 Å². The fourth-order valence-corrected chi connectivity index (χ4v) is 6.03. The minimum absolute atomic E-state index is 0.0212. The molecule has 0 radical (unpaired) electrons. The Morgan fingerprint density at radius 1 is 1.46 bits per heavy atom. The van der Waals surface area contributed by atoms with E-state index in [4.69, 9.17) is 30.9 Å². The Kier molecular flexibility index (Phi) is 6.28. The number of fused-ring (bicyclic) bond motifs is 1. The summed E-state index contributed by atoms with van der Waals surface area (Å²) in [5.41, 5.74) is 6.26. The summed E-state index contributed by atoms with van der Waals surface area (Å²) in [6.07, 6.45) is 0.146. The van der Waals surface area contributed by atoms with Gasteiger partial charge in [0.25, 0.3) is 5.56 Å². The van der Waals surface area contributed by atoms with Gasteiger partial charge in [-0.15, -0.1) is 0 Å². The molecule has 11 nitrogen and oxygen atoms in total. The van der Waals surface area contributed by atoms with Gasteiger partial charge in [0.05, 0.1) is 42.8 Å². The zero-order valence-corrected chi connectivity index (χ0v) is 19.9. The SMILES string of the molecule is C=C1[C@H](CO[P@]2(=O)OCC[C@H](c3cccc(Cl)c3F)O2)[C@@H](O)C[C@@H]1n1cnc2c(=O)[nH]c(N)nc21. The molecule has 0 bridgehead atoms. The molecule has 1 aromatic carbocycles. The summed E-state index contributed by atoms with van der Waals surface area (Å²) in [6, 6.07) is 4.01. The van der Waals surface area contributed by atoms with Crippen molar-refractivity contribution in [2.75, 3.05) is 18.9 Å². The summed E-state index contributed by atoms with van der Waals surface area (Å²) in [7, 11) is -4.06. The molecule has 1 aliphatic heterocycles. The maximum Gasteiger partial charge on any atom is 0.475 e. The van der Waals surface area contributed by atoms with Crippen molar-refractivity contribution in [3.63, 3.8) is 0 Å². The number of nitrogens with two attached hydrogens (primary N) is 1. The van der Waals surface area contributed by atoms with Crippen molar-refractivity contribution in [2.24, 2.45) is 5.92 Å². The van der Waals surface area contributed by atoms with Crippen LogP contribution in [-0.4, -0.2) is 43.9 Å². The van der Waals surface area contributed by atoms with E-state index in [9.17, 15) is 18.9 Å². The Hall–Kier alpha value is -2.60. The number of anilines is 1. The van der Waals surface area contributed by atoms with Crippen molar-refractivity contribution in [3.8, 4) is 0 Å². The molecule has 1 aliphatic carbocycles. The average molecular weight is 526 g/mol. The number of phosphoric ester groups is 1. The van der Waals surface area contributed by atoms with Crippen LogP contribution in [0.5, 0.6) is 0 Å². The van der Waals surface area contributed by atoms with Crippen LogP contribution in [0.1, 0.15) is 30.6 Å². The first kappa shape index (κ1) is 24.1. The highest BCUT2D eigenvalue weighted by Gasteiger charge is 2.42. The Morgan fingerprint density at radius 2 is 2.26 bits per heavy atom. The lowest BCUT2D eigenvalue weighted by atomic mass is 10.0. The topological polar surface area (TPSA) is 155 Å². The third-order valence-corrected chi connectivity index (χ3v) is 8.01. The third kappa shape index (κ3) is 4.42. The molecule has 186 valence electrons. The van der Waals surface area contributed by atoms with E-state index in [1.54, 1.807) is 10.6 Å². The maximum absolute atomic E-state index is 14.4. The van der Waals surface area contributed by atoms with Crippen LogP contribution in [0.15, 0.2) is 41.5 Å². The zero-order chi connectivity index (χ0) is 24.9. The highest BCUT2D eigenvalue weighted by atomic mass is 35.5. The molecule has 14 heteroatoms. The fraction of sp³-hybridized carbons (Fsp3) is 0.381. The molecule has 2 aromatic heterocycles. The van der Waals surface area contributed by atoms with E-state index < -0.39 is 43.4 Å². The summed E-state index contributed by atoms with van der Waals surface area (Å²) in [5, 5.41) is 10.6. The molecule has 4 N–H and O–H groups in total. The number of hydrogen-bond acceptors (Lipinski definition) is 9. The molecular formula is C21H22ClFN5O6P. The molecule has 0 amide bonds. The highest BCUT2D eigenvalue weighted by Crippen LogP contribution is 2.58. The quantitative estimate of drug-likeness (QED) is 0.336. The predicted molar refractivity (Wildman–Crippen MR) is 124 cm³/mol. The number of halogens is 2. The Balaban J connectivity index is 1.31. The van der Waals surface area contributed by atoms with Gasteiger partial charge in [-0.05, 0) is 18.1 Å². The molecule has 35 heavy (non-hydrogen) atoms. The summed E-state index contributed by atoms with van der Waals surface area (Å²) >= 11 is 5.86. The van der Waals surface area contributed by atoms with Crippen LogP contribution in [0, 0.1) is 11.7 Å². The molecule has 5 atom stereocenters. The fourth-order valence-electron chi connectivity index (χ4n) is 4.45. The van der Waals surface area contributed by atoms with Crippen LogP contribution < -0.4 is 11.3 Å². The van der Waals surface area contributed by atoms with E-state index in [1.807, 2.05) is 0 Å². The first-order valence-electron chi connectivity index (χ1n) is 10.8. The summed E-state index contributed by atoms with van der Waals surface area (Å²) in [6.45, 7) is 3.88. The van der Waals surface area contributed by atoms with E-state index in [0.717, 1.165) is 0 Å². The number of imidazole rings is 1. The number of hydrogen-bond donors (Lipinski definition) is 3. The van der Waals surface area contributed by atoms with Crippen LogP contribution >= 0.6 is 19.4 Å². The van der Waals surface area contributed by atoms with Crippen molar-refractivity contribution < 1.29 is 27.6 Å². The lowest BCUT2D eigenvalue weighted by Gasteiger charge is -2.30. The number of aliphatic hydroxyl groups excluding tert-OH is 1. The van der Waals surface area contributed by atoms with Crippen molar-refractivity contribution >= 4 is 36.5 Å². The summed E-state index contributed by atoms with van der Waals surface area (Å²) in [4.78, 5) is 22.7. The smallest absolute Gasteiger partial charge is 0.392 e. The minimum Gasteiger partial charge on any atom is -0.392 e. The number of H-pyrrole nitrogens is 1. The minimum atomic E-state index is -4.06. The van der Waals surface area contributed by atoms with E-state index >= 15 is 0 Å². The van der Waals surface area contributed by atoms with Crippen molar-refractivity contribution in [1.29, 1.82) is 0 Å².